The molecule has 0 aliphatic heterocycles. The smallest absolute Gasteiger partial charge is 0.497 e. The van der Waals surface area contributed by atoms with Gasteiger partial charge < -0.3 is 19.5 Å². The number of hydrogen-bond acceptors (Lipinski definition) is 5. The summed E-state index contributed by atoms with van der Waals surface area (Å²) in [5.41, 5.74) is 0.930. The van der Waals surface area contributed by atoms with Crippen LogP contribution in [0.2, 0.25) is 0 Å². The molecule has 0 aliphatic carbocycles. The highest BCUT2D eigenvalue weighted by molar-refractivity contribution is 5.96. The van der Waals surface area contributed by atoms with Crippen LogP contribution < -0.4 is 14.8 Å². The van der Waals surface area contributed by atoms with E-state index >= 15 is 0 Å². The number of nitrogens with one attached hydrogen (secondary N) is 1. The lowest BCUT2D eigenvalue weighted by Crippen LogP contribution is -2.29. The first-order chi connectivity index (χ1) is 13.7. The number of halogens is 3. The van der Waals surface area contributed by atoms with Crippen LogP contribution in [0.15, 0.2) is 54.6 Å². The molecule has 0 heterocycles. The van der Waals surface area contributed by atoms with Crippen LogP contribution in [-0.2, 0) is 14.3 Å². The Labute approximate surface area is 164 Å². The van der Waals surface area contributed by atoms with E-state index in [-0.39, 0.29) is 5.75 Å². The molecule has 0 saturated carbocycles. The van der Waals surface area contributed by atoms with Crippen LogP contribution in [0.5, 0.6) is 11.5 Å². The fraction of sp³-hybridized carbons (Fsp3) is 0.200. The molecule has 0 radical (unpaired) electrons. The van der Waals surface area contributed by atoms with Gasteiger partial charge in [0.2, 0.25) is 0 Å². The molecule has 2 aromatic rings. The van der Waals surface area contributed by atoms with Crippen molar-refractivity contribution >= 4 is 23.6 Å². The number of esters is 1. The average Bonchev–Trinajstić information content (AvgIpc) is 2.66. The van der Waals surface area contributed by atoms with Gasteiger partial charge in [-0.1, -0.05) is 18.2 Å². The van der Waals surface area contributed by atoms with Gasteiger partial charge in [0, 0.05) is 17.8 Å². The third-order valence-corrected chi connectivity index (χ3v) is 3.52. The maximum atomic E-state index is 12.1. The van der Waals surface area contributed by atoms with E-state index in [1.807, 2.05) is 0 Å². The zero-order valence-corrected chi connectivity index (χ0v) is 15.5. The van der Waals surface area contributed by atoms with Crippen molar-refractivity contribution in [2.75, 3.05) is 12.4 Å². The minimum atomic E-state index is -4.78. The summed E-state index contributed by atoms with van der Waals surface area (Å²) in [6.45, 7) is 1.41. The zero-order chi connectivity index (χ0) is 21.4. The Kier molecular flexibility index (Phi) is 7.24. The molecule has 0 saturated heterocycles. The maximum absolute atomic E-state index is 12.1. The summed E-state index contributed by atoms with van der Waals surface area (Å²) in [5, 5.41) is 2.59. The van der Waals surface area contributed by atoms with Crippen molar-refractivity contribution in [3.63, 3.8) is 0 Å². The lowest BCUT2D eigenvalue weighted by molar-refractivity contribution is -0.274. The van der Waals surface area contributed by atoms with E-state index in [0.717, 1.165) is 18.2 Å². The number of amides is 1. The number of ether oxygens (including phenoxy) is 3. The van der Waals surface area contributed by atoms with Crippen molar-refractivity contribution < 1.29 is 37.0 Å². The quantitative estimate of drug-likeness (QED) is 0.549. The number of carbonyl (C=O) groups is 2. The largest absolute Gasteiger partial charge is 0.573 e. The molecule has 2 rings (SSSR count). The molecule has 29 heavy (non-hydrogen) atoms. The van der Waals surface area contributed by atoms with Gasteiger partial charge in [0.25, 0.3) is 5.91 Å². The second-order valence-electron chi connectivity index (χ2n) is 5.75. The van der Waals surface area contributed by atoms with E-state index in [1.165, 1.54) is 32.2 Å². The van der Waals surface area contributed by atoms with Gasteiger partial charge in [-0.2, -0.15) is 0 Å². The monoisotopic (exact) mass is 409 g/mol. The molecule has 1 N–H and O–H groups in total. The molecule has 0 spiro atoms. The third kappa shape index (κ3) is 7.57. The highest BCUT2D eigenvalue weighted by Gasteiger charge is 2.30. The van der Waals surface area contributed by atoms with Gasteiger partial charge in [-0.15, -0.1) is 13.2 Å². The van der Waals surface area contributed by atoms with Crippen molar-refractivity contribution in [3.05, 3.63) is 60.2 Å². The molecular formula is C20H18F3NO5. The van der Waals surface area contributed by atoms with Crippen molar-refractivity contribution in [3.8, 4) is 11.5 Å². The van der Waals surface area contributed by atoms with E-state index in [4.69, 9.17) is 9.47 Å². The molecule has 1 amide bonds. The van der Waals surface area contributed by atoms with Crippen LogP contribution in [-0.4, -0.2) is 31.5 Å². The fourth-order valence-corrected chi connectivity index (χ4v) is 2.16. The Morgan fingerprint density at radius 2 is 1.76 bits per heavy atom. The molecule has 0 fully saturated rings. The number of hydrogen-bond donors (Lipinski definition) is 1. The summed E-state index contributed by atoms with van der Waals surface area (Å²) in [7, 11) is 1.49. The molecule has 6 nitrogen and oxygen atoms in total. The topological polar surface area (TPSA) is 73.9 Å². The average molecular weight is 409 g/mol. The highest BCUT2D eigenvalue weighted by atomic mass is 19.4. The first kappa shape index (κ1) is 21.8. The van der Waals surface area contributed by atoms with Gasteiger partial charge in [0.1, 0.15) is 11.5 Å². The van der Waals surface area contributed by atoms with Crippen molar-refractivity contribution in [1.82, 2.24) is 0 Å². The van der Waals surface area contributed by atoms with E-state index in [2.05, 4.69) is 10.1 Å². The molecule has 2 aromatic carbocycles. The van der Waals surface area contributed by atoms with Gasteiger partial charge in [0.15, 0.2) is 6.10 Å². The lowest BCUT2D eigenvalue weighted by Gasteiger charge is -2.13. The predicted molar refractivity (Wildman–Crippen MR) is 99.3 cm³/mol. The van der Waals surface area contributed by atoms with Crippen molar-refractivity contribution in [2.45, 2.75) is 19.4 Å². The highest BCUT2D eigenvalue weighted by Crippen LogP contribution is 2.23. The van der Waals surface area contributed by atoms with Crippen LogP contribution in [0.4, 0.5) is 18.9 Å². The van der Waals surface area contributed by atoms with Crippen LogP contribution in [0.3, 0.4) is 0 Å². The maximum Gasteiger partial charge on any atom is 0.573 e. The summed E-state index contributed by atoms with van der Waals surface area (Å²) in [4.78, 5) is 24.0. The summed E-state index contributed by atoms with van der Waals surface area (Å²) in [6, 6.07) is 11.6. The van der Waals surface area contributed by atoms with E-state index in [9.17, 15) is 22.8 Å². The van der Waals surface area contributed by atoms with E-state index < -0.39 is 24.3 Å². The normalized spacial score (nSPS) is 12.3. The SMILES string of the molecule is COc1cccc(NC(=O)[C@H](C)OC(=O)/C=C/c2ccc(OC(F)(F)F)cc2)c1. The predicted octanol–water partition coefficient (Wildman–Crippen LogP) is 4.18. The zero-order valence-electron chi connectivity index (χ0n) is 15.5. The molecular weight excluding hydrogens is 391 g/mol. The number of methoxy groups -OCH3 is 1. The molecule has 0 unspecified atom stereocenters. The van der Waals surface area contributed by atoms with E-state index in [1.54, 1.807) is 24.3 Å². The van der Waals surface area contributed by atoms with Crippen molar-refractivity contribution in [1.29, 1.82) is 0 Å². The number of benzene rings is 2. The van der Waals surface area contributed by atoms with Gasteiger partial charge in [-0.25, -0.2) is 4.79 Å². The van der Waals surface area contributed by atoms with E-state index in [0.29, 0.717) is 17.0 Å². The Balaban J connectivity index is 1.87. The molecule has 0 aromatic heterocycles. The van der Waals surface area contributed by atoms with Gasteiger partial charge in [-0.05, 0) is 42.8 Å². The van der Waals surface area contributed by atoms with Crippen LogP contribution in [0, 0.1) is 0 Å². The van der Waals surface area contributed by atoms with Crippen LogP contribution >= 0.6 is 0 Å². The summed E-state index contributed by atoms with van der Waals surface area (Å²) >= 11 is 0. The second-order valence-corrected chi connectivity index (χ2v) is 5.75. The van der Waals surface area contributed by atoms with Gasteiger partial charge in [-0.3, -0.25) is 4.79 Å². The first-order valence-electron chi connectivity index (χ1n) is 8.36. The fourth-order valence-electron chi connectivity index (χ4n) is 2.16. The second kappa shape index (κ2) is 9.63. The Hall–Kier alpha value is -3.49. The van der Waals surface area contributed by atoms with Crippen LogP contribution in [0.25, 0.3) is 6.08 Å². The van der Waals surface area contributed by atoms with Crippen molar-refractivity contribution in [2.24, 2.45) is 0 Å². The number of carbonyl (C=O) groups excluding carboxylic acids is 2. The Morgan fingerprint density at radius 3 is 2.38 bits per heavy atom. The van der Waals surface area contributed by atoms with Crippen LogP contribution in [0.1, 0.15) is 12.5 Å². The third-order valence-electron chi connectivity index (χ3n) is 3.52. The summed E-state index contributed by atoms with van der Waals surface area (Å²) in [6.07, 6.45) is -3.44. The minimum absolute atomic E-state index is 0.375. The minimum Gasteiger partial charge on any atom is -0.497 e. The Morgan fingerprint density at radius 1 is 1.07 bits per heavy atom. The molecule has 0 aliphatic rings. The first-order valence-corrected chi connectivity index (χ1v) is 8.36. The number of rotatable bonds is 7. The number of alkyl halides is 3. The summed E-state index contributed by atoms with van der Waals surface area (Å²) < 4.78 is 50.2. The van der Waals surface area contributed by atoms with Gasteiger partial charge >= 0.3 is 12.3 Å². The van der Waals surface area contributed by atoms with Gasteiger partial charge in [0.05, 0.1) is 7.11 Å². The molecule has 0 bridgehead atoms. The number of anilines is 1. The Bertz CT molecular complexity index is 878. The summed E-state index contributed by atoms with van der Waals surface area (Å²) in [5.74, 6) is -1.13. The molecule has 154 valence electrons. The molecule has 9 heteroatoms. The standard InChI is InChI=1S/C20H18F3NO5/c1-13(19(26)24-15-4-3-5-17(12-15)27-2)28-18(25)11-8-14-6-9-16(10-7-14)29-20(21,22)23/h3-13H,1-2H3,(H,24,26)/b11-8+/t13-/m0/s1. The lowest BCUT2D eigenvalue weighted by atomic mass is 10.2. The molecule has 1 atom stereocenters.